The van der Waals surface area contributed by atoms with Gasteiger partial charge in [-0.3, -0.25) is 0 Å². The Morgan fingerprint density at radius 1 is 1.50 bits per heavy atom. The molecule has 3 nitrogen and oxygen atoms in total. The molecule has 1 heterocycles. The quantitative estimate of drug-likeness (QED) is 0.799. The molecule has 0 spiro atoms. The molecule has 2 rings (SSSR count). The maximum Gasteiger partial charge on any atom is 0.335 e. The van der Waals surface area contributed by atoms with E-state index in [0.29, 0.717) is 16.5 Å². The Kier molecular flexibility index (Phi) is 1.96. The summed E-state index contributed by atoms with van der Waals surface area (Å²) in [5.41, 5.74) is 0.978. The molecular formula is C10H7FO3. The fraction of sp³-hybridized carbons (Fsp3) is 0.100. The molecule has 0 aliphatic heterocycles. The molecule has 1 aromatic heterocycles. The lowest BCUT2D eigenvalue weighted by molar-refractivity contribution is 0.0697. The molecule has 0 amide bonds. The van der Waals surface area contributed by atoms with Crippen LogP contribution in [0.4, 0.5) is 4.39 Å². The van der Waals surface area contributed by atoms with Crippen LogP contribution in [-0.2, 0) is 6.67 Å². The number of carboxylic acid groups (broad SMARTS) is 1. The minimum atomic E-state index is -1.02. The molecule has 0 aliphatic carbocycles. The minimum absolute atomic E-state index is 0.136. The van der Waals surface area contributed by atoms with Gasteiger partial charge in [0.05, 0.1) is 11.8 Å². The van der Waals surface area contributed by atoms with Gasteiger partial charge in [-0.1, -0.05) is 0 Å². The summed E-state index contributed by atoms with van der Waals surface area (Å²) in [5, 5.41) is 9.32. The first-order valence-corrected chi connectivity index (χ1v) is 4.02. The highest BCUT2D eigenvalue weighted by Crippen LogP contribution is 2.23. The van der Waals surface area contributed by atoms with Crippen molar-refractivity contribution in [2.75, 3.05) is 0 Å². The predicted octanol–water partition coefficient (Wildman–Crippen LogP) is 2.60. The molecule has 0 atom stereocenters. The maximum absolute atomic E-state index is 12.4. The second-order valence-corrected chi connectivity index (χ2v) is 2.91. The van der Waals surface area contributed by atoms with E-state index in [1.165, 1.54) is 18.4 Å². The fourth-order valence-corrected chi connectivity index (χ4v) is 1.32. The van der Waals surface area contributed by atoms with Gasteiger partial charge in [-0.15, -0.1) is 0 Å². The zero-order valence-corrected chi connectivity index (χ0v) is 7.16. The molecule has 0 bridgehead atoms. The number of furan rings is 1. The van der Waals surface area contributed by atoms with Crippen molar-refractivity contribution in [1.29, 1.82) is 0 Å². The molecule has 1 N–H and O–H groups in total. The molecule has 14 heavy (non-hydrogen) atoms. The highest BCUT2D eigenvalue weighted by molar-refractivity contribution is 5.93. The Bertz CT molecular complexity index is 487. The summed E-state index contributed by atoms with van der Waals surface area (Å²) in [6.07, 6.45) is 1.30. The summed E-state index contributed by atoms with van der Waals surface area (Å²) < 4.78 is 17.4. The normalized spacial score (nSPS) is 10.6. The van der Waals surface area contributed by atoms with Gasteiger partial charge in [-0.05, 0) is 18.2 Å². The number of rotatable bonds is 2. The van der Waals surface area contributed by atoms with Crippen LogP contribution in [0, 0.1) is 0 Å². The standard InChI is InChI=1S/C10H7FO3/c11-4-7-5-14-9-3-6(10(12)13)1-2-8(7)9/h1-3,5H,4H2,(H,12,13). The summed E-state index contributed by atoms with van der Waals surface area (Å²) >= 11 is 0. The highest BCUT2D eigenvalue weighted by Gasteiger charge is 2.09. The Morgan fingerprint density at radius 2 is 2.29 bits per heavy atom. The third-order valence-electron chi connectivity index (χ3n) is 2.05. The molecular weight excluding hydrogens is 187 g/mol. The van der Waals surface area contributed by atoms with Crippen molar-refractivity contribution in [3.05, 3.63) is 35.6 Å². The van der Waals surface area contributed by atoms with Gasteiger partial charge in [0.15, 0.2) is 0 Å². The number of hydrogen-bond donors (Lipinski definition) is 1. The molecule has 0 aliphatic rings. The van der Waals surface area contributed by atoms with Crippen LogP contribution in [0.25, 0.3) is 11.0 Å². The highest BCUT2D eigenvalue weighted by atomic mass is 19.1. The van der Waals surface area contributed by atoms with E-state index in [2.05, 4.69) is 0 Å². The first-order valence-electron chi connectivity index (χ1n) is 4.02. The molecule has 4 heteroatoms. The van der Waals surface area contributed by atoms with Crippen LogP contribution < -0.4 is 0 Å². The van der Waals surface area contributed by atoms with Crippen molar-refractivity contribution in [3.63, 3.8) is 0 Å². The number of fused-ring (bicyclic) bond motifs is 1. The van der Waals surface area contributed by atoms with Crippen LogP contribution in [0.15, 0.2) is 28.9 Å². The van der Waals surface area contributed by atoms with Crippen LogP contribution in [0.3, 0.4) is 0 Å². The van der Waals surface area contributed by atoms with E-state index in [0.717, 1.165) is 0 Å². The van der Waals surface area contributed by atoms with Gasteiger partial charge in [0, 0.05) is 10.9 Å². The van der Waals surface area contributed by atoms with Gasteiger partial charge < -0.3 is 9.52 Å². The Hall–Kier alpha value is -1.84. The number of carboxylic acids is 1. The van der Waals surface area contributed by atoms with Gasteiger partial charge in [-0.25, -0.2) is 9.18 Å². The summed E-state index contributed by atoms with van der Waals surface area (Å²) in [6, 6.07) is 4.37. The average Bonchev–Trinajstić information content (AvgIpc) is 2.59. The number of halogens is 1. The minimum Gasteiger partial charge on any atom is -0.478 e. The second kappa shape index (κ2) is 3.14. The number of benzene rings is 1. The lowest BCUT2D eigenvalue weighted by Crippen LogP contribution is -1.94. The lowest BCUT2D eigenvalue weighted by atomic mass is 10.1. The van der Waals surface area contributed by atoms with Gasteiger partial charge >= 0.3 is 5.97 Å². The van der Waals surface area contributed by atoms with Crippen molar-refractivity contribution in [1.82, 2.24) is 0 Å². The topological polar surface area (TPSA) is 50.4 Å². The van der Waals surface area contributed by atoms with Gasteiger partial charge in [0.25, 0.3) is 0 Å². The van der Waals surface area contributed by atoms with Crippen molar-refractivity contribution >= 4 is 16.9 Å². The summed E-state index contributed by atoms with van der Waals surface area (Å²) in [7, 11) is 0. The first-order chi connectivity index (χ1) is 6.72. The van der Waals surface area contributed by atoms with E-state index < -0.39 is 12.6 Å². The van der Waals surface area contributed by atoms with Crippen LogP contribution in [0.2, 0.25) is 0 Å². The number of aromatic carboxylic acids is 1. The lowest BCUT2D eigenvalue weighted by Gasteiger charge is -1.94. The van der Waals surface area contributed by atoms with E-state index in [9.17, 15) is 9.18 Å². The smallest absolute Gasteiger partial charge is 0.335 e. The molecule has 0 unspecified atom stereocenters. The number of alkyl halides is 1. The molecule has 2 aromatic rings. The van der Waals surface area contributed by atoms with E-state index in [1.54, 1.807) is 6.07 Å². The van der Waals surface area contributed by atoms with E-state index in [-0.39, 0.29) is 5.56 Å². The van der Waals surface area contributed by atoms with Gasteiger partial charge in [0.1, 0.15) is 12.3 Å². The average molecular weight is 194 g/mol. The molecule has 0 saturated carbocycles. The van der Waals surface area contributed by atoms with Crippen LogP contribution in [0.5, 0.6) is 0 Å². The van der Waals surface area contributed by atoms with Crippen molar-refractivity contribution < 1.29 is 18.7 Å². The monoisotopic (exact) mass is 194 g/mol. The molecule has 0 fully saturated rings. The zero-order chi connectivity index (χ0) is 10.1. The predicted molar refractivity (Wildman–Crippen MR) is 48.0 cm³/mol. The van der Waals surface area contributed by atoms with Crippen molar-refractivity contribution in [2.45, 2.75) is 6.67 Å². The molecule has 1 aromatic carbocycles. The third kappa shape index (κ3) is 1.25. The Balaban J connectivity index is 2.63. The first kappa shape index (κ1) is 8.74. The Morgan fingerprint density at radius 3 is 2.93 bits per heavy atom. The van der Waals surface area contributed by atoms with Crippen LogP contribution in [-0.4, -0.2) is 11.1 Å². The van der Waals surface area contributed by atoms with Crippen LogP contribution in [0.1, 0.15) is 15.9 Å². The van der Waals surface area contributed by atoms with E-state index in [4.69, 9.17) is 9.52 Å². The third-order valence-corrected chi connectivity index (χ3v) is 2.05. The molecule has 72 valence electrons. The summed E-state index contributed by atoms with van der Waals surface area (Å²) in [6.45, 7) is -0.612. The van der Waals surface area contributed by atoms with Gasteiger partial charge in [-0.2, -0.15) is 0 Å². The largest absolute Gasteiger partial charge is 0.478 e. The van der Waals surface area contributed by atoms with Crippen molar-refractivity contribution in [3.8, 4) is 0 Å². The zero-order valence-electron chi connectivity index (χ0n) is 7.16. The van der Waals surface area contributed by atoms with E-state index >= 15 is 0 Å². The SMILES string of the molecule is O=C(O)c1ccc2c(CF)coc2c1. The van der Waals surface area contributed by atoms with Gasteiger partial charge in [0.2, 0.25) is 0 Å². The van der Waals surface area contributed by atoms with Crippen LogP contribution >= 0.6 is 0 Å². The fourth-order valence-electron chi connectivity index (χ4n) is 1.32. The summed E-state index contributed by atoms with van der Waals surface area (Å²) in [5.74, 6) is -1.02. The number of carbonyl (C=O) groups is 1. The molecule has 0 saturated heterocycles. The number of hydrogen-bond acceptors (Lipinski definition) is 2. The maximum atomic E-state index is 12.4. The summed E-state index contributed by atoms with van der Waals surface area (Å²) in [4.78, 5) is 10.6. The van der Waals surface area contributed by atoms with Crippen molar-refractivity contribution in [2.24, 2.45) is 0 Å². The van der Waals surface area contributed by atoms with E-state index in [1.807, 2.05) is 0 Å². The Labute approximate surface area is 78.8 Å². The molecule has 0 radical (unpaired) electrons. The second-order valence-electron chi connectivity index (χ2n) is 2.91.